The topological polar surface area (TPSA) is 206 Å². The largest absolute Gasteiger partial charge is 0.496 e. The number of carbonyl (C=O) groups excluding carboxylic acids is 5. The van der Waals surface area contributed by atoms with Crippen LogP contribution in [-0.4, -0.2) is 116 Å². The molecule has 4 aliphatic rings. The first-order valence-electron chi connectivity index (χ1n) is 21.2. The highest BCUT2D eigenvalue weighted by Crippen LogP contribution is 2.52. The van der Waals surface area contributed by atoms with E-state index >= 15 is 0 Å². The number of benzene rings is 3. The van der Waals surface area contributed by atoms with Crippen LogP contribution in [0.4, 0.5) is 0 Å². The van der Waals surface area contributed by atoms with E-state index in [1.807, 2.05) is 13.0 Å². The summed E-state index contributed by atoms with van der Waals surface area (Å²) in [5.41, 5.74) is 0.636. The molecule has 3 aromatic rings. The Hall–Kier alpha value is -5.17. The number of esters is 1. The Bertz CT molecular complexity index is 2510. The Kier molecular flexibility index (Phi) is 12.9. The Labute approximate surface area is 368 Å². The van der Waals surface area contributed by atoms with Gasteiger partial charge in [0.15, 0.2) is 0 Å². The van der Waals surface area contributed by atoms with Crippen molar-refractivity contribution in [1.82, 2.24) is 24.1 Å². The lowest BCUT2D eigenvalue weighted by atomic mass is 9.70. The first kappa shape index (κ1) is 45.8. The normalized spacial score (nSPS) is 24.5. The number of piperazine rings is 1. The number of amides is 3. The Balaban J connectivity index is 1.07. The minimum atomic E-state index is -3.92. The summed E-state index contributed by atoms with van der Waals surface area (Å²) in [7, 11) is -6.26. The summed E-state index contributed by atoms with van der Waals surface area (Å²) in [5, 5.41) is 5.21. The zero-order valence-corrected chi connectivity index (χ0v) is 37.9. The number of fused-ring (bicyclic) bond motifs is 1. The fraction of sp³-hybridized carbons (Fsp3) is 0.489. The lowest BCUT2D eigenvalue weighted by Gasteiger charge is -2.43. The second-order valence-electron chi connectivity index (χ2n) is 17.4. The first-order valence-corrected chi connectivity index (χ1v) is 24.2. The second-order valence-corrected chi connectivity index (χ2v) is 21.2. The van der Waals surface area contributed by atoms with E-state index in [1.165, 1.54) is 23.2 Å². The molecule has 3 aromatic carbocycles. The molecule has 7 rings (SSSR count). The molecular formula is C45H55N5O11S2. The Morgan fingerprint density at radius 3 is 2.14 bits per heavy atom. The molecule has 0 bridgehead atoms. The van der Waals surface area contributed by atoms with E-state index in [2.05, 4.69) is 10.6 Å². The van der Waals surface area contributed by atoms with E-state index in [4.69, 9.17) is 9.47 Å². The number of nitrogens with one attached hydrogen (secondary N) is 2. The highest BCUT2D eigenvalue weighted by atomic mass is 32.2. The second kappa shape index (κ2) is 17.8. The molecule has 1 aliphatic carbocycles. The maximum atomic E-state index is 14.4. The van der Waals surface area contributed by atoms with Crippen LogP contribution in [0.25, 0.3) is 0 Å². The maximum absolute atomic E-state index is 14.4. The highest BCUT2D eigenvalue weighted by molar-refractivity contribution is 7.89. The number of nitrogens with zero attached hydrogens (tertiary/aromatic N) is 3. The van der Waals surface area contributed by atoms with E-state index in [0.29, 0.717) is 41.7 Å². The zero-order valence-electron chi connectivity index (χ0n) is 36.2. The van der Waals surface area contributed by atoms with Crippen LogP contribution in [0.5, 0.6) is 5.75 Å². The van der Waals surface area contributed by atoms with Gasteiger partial charge in [-0.05, 0) is 106 Å². The van der Waals surface area contributed by atoms with Crippen LogP contribution in [0, 0.1) is 26.7 Å². The molecule has 3 saturated heterocycles. The van der Waals surface area contributed by atoms with E-state index in [9.17, 15) is 40.8 Å². The van der Waals surface area contributed by atoms with Gasteiger partial charge in [0.25, 0.3) is 5.91 Å². The molecule has 0 radical (unpaired) electrons. The van der Waals surface area contributed by atoms with Crippen LogP contribution in [0.15, 0.2) is 71.6 Å². The fourth-order valence-electron chi connectivity index (χ4n) is 9.71. The molecule has 3 aliphatic heterocycles. The summed E-state index contributed by atoms with van der Waals surface area (Å²) in [6.07, 6.45) is 1.76. The number of carbonyl (C=O) groups is 5. The quantitative estimate of drug-likeness (QED) is 0.129. The number of hydrogen-bond acceptors (Lipinski definition) is 11. The van der Waals surface area contributed by atoms with Crippen LogP contribution in [0.3, 0.4) is 0 Å². The Morgan fingerprint density at radius 1 is 0.873 bits per heavy atom. The lowest BCUT2D eigenvalue weighted by Crippen LogP contribution is -2.66. The lowest BCUT2D eigenvalue weighted by molar-refractivity contribution is -0.149. The summed E-state index contributed by atoms with van der Waals surface area (Å²) in [4.78, 5) is 70.3. The third-order valence-corrected chi connectivity index (χ3v) is 17.4. The number of ether oxygens (including phenoxy) is 2. The number of sulfonamides is 2. The molecule has 338 valence electrons. The fourth-order valence-corrected chi connectivity index (χ4v) is 13.5. The molecule has 16 nitrogen and oxygen atoms in total. The van der Waals surface area contributed by atoms with Gasteiger partial charge in [-0.15, -0.1) is 0 Å². The molecule has 1 saturated carbocycles. The SMILES string of the molecule is COc1cc(C)c(S(=O)(=O)N2CC23CCC(C(C)(NC(=O)C2CCC4CN(S(=O)(=O)Cc5ccccc5)CC(=O)N42)C(=O)C(=O)NCC(=O)OCc2ccccc2)CC3)c(C)c1C. The predicted octanol–water partition coefficient (Wildman–Crippen LogP) is 3.06. The smallest absolute Gasteiger partial charge is 0.325 e. The van der Waals surface area contributed by atoms with Crippen molar-refractivity contribution in [3.05, 3.63) is 94.5 Å². The molecule has 63 heavy (non-hydrogen) atoms. The van der Waals surface area contributed by atoms with Gasteiger partial charge in [0.1, 0.15) is 30.5 Å². The molecule has 0 aromatic heterocycles. The number of Topliss-reactive ketones (excluding diaryl/α,β-unsaturated/α-hetero) is 1. The third-order valence-electron chi connectivity index (χ3n) is 13.4. The number of methoxy groups -OCH3 is 1. The number of ketones is 1. The van der Waals surface area contributed by atoms with Gasteiger partial charge in [0.2, 0.25) is 37.6 Å². The minimum Gasteiger partial charge on any atom is -0.496 e. The van der Waals surface area contributed by atoms with Crippen molar-refractivity contribution in [2.75, 3.05) is 33.3 Å². The van der Waals surface area contributed by atoms with Crippen molar-refractivity contribution in [2.45, 2.75) is 107 Å². The average molecular weight is 906 g/mol. The van der Waals surface area contributed by atoms with E-state index in [-0.39, 0.29) is 49.6 Å². The first-order chi connectivity index (χ1) is 29.8. The van der Waals surface area contributed by atoms with E-state index in [0.717, 1.165) is 15.4 Å². The average Bonchev–Trinajstić information content (AvgIpc) is 3.79. The molecule has 2 N–H and O–H groups in total. The van der Waals surface area contributed by atoms with E-state index in [1.54, 1.807) is 74.5 Å². The van der Waals surface area contributed by atoms with Gasteiger partial charge in [-0.3, -0.25) is 24.0 Å². The van der Waals surface area contributed by atoms with Crippen molar-refractivity contribution in [3.63, 3.8) is 0 Å². The number of rotatable bonds is 15. The maximum Gasteiger partial charge on any atom is 0.325 e. The van der Waals surface area contributed by atoms with Crippen molar-refractivity contribution in [2.24, 2.45) is 5.92 Å². The minimum absolute atomic E-state index is 0.00290. The molecule has 3 amide bonds. The third kappa shape index (κ3) is 9.13. The van der Waals surface area contributed by atoms with Gasteiger partial charge < -0.3 is 25.0 Å². The monoisotopic (exact) mass is 905 g/mol. The number of hydrogen-bond donors (Lipinski definition) is 2. The van der Waals surface area contributed by atoms with Crippen LogP contribution in [0.1, 0.15) is 73.3 Å². The predicted molar refractivity (Wildman–Crippen MR) is 231 cm³/mol. The summed E-state index contributed by atoms with van der Waals surface area (Å²) >= 11 is 0. The standard InChI is InChI=1S/C45H55N5O11S2/c1-29-22-37(60-5)30(2)31(3)40(29)63(58,59)49-28-45(49)20-18-34(19-21-45)44(4,41(53)43(55)46-23-39(52)61-26-32-12-8-6-9-13-32)47-42(54)36-17-16-35-24-48(25-38(51)50(35)36)62(56,57)27-33-14-10-7-11-15-33/h6-15,22,34-36H,16-21,23-28H2,1-5H3,(H,46,55)(H,47,54). The van der Waals surface area contributed by atoms with Crippen LogP contribution in [0.2, 0.25) is 0 Å². The summed E-state index contributed by atoms with van der Waals surface area (Å²) in [5.74, 6) is -4.46. The molecule has 1 spiro atoms. The zero-order chi connectivity index (χ0) is 45.5. The van der Waals surface area contributed by atoms with Gasteiger partial charge in [0.05, 0.1) is 29.8 Å². The van der Waals surface area contributed by atoms with Crippen LogP contribution < -0.4 is 15.4 Å². The molecule has 4 atom stereocenters. The molecular weight excluding hydrogens is 851 g/mol. The van der Waals surface area contributed by atoms with Gasteiger partial charge >= 0.3 is 5.97 Å². The van der Waals surface area contributed by atoms with Crippen molar-refractivity contribution < 1.29 is 50.3 Å². The van der Waals surface area contributed by atoms with E-state index < -0.39 is 91.7 Å². The van der Waals surface area contributed by atoms with Crippen LogP contribution >= 0.6 is 0 Å². The Morgan fingerprint density at radius 2 is 1.51 bits per heavy atom. The van der Waals surface area contributed by atoms with Crippen molar-refractivity contribution >= 4 is 49.5 Å². The molecule has 4 fully saturated rings. The van der Waals surface area contributed by atoms with Crippen molar-refractivity contribution in [3.8, 4) is 5.75 Å². The van der Waals surface area contributed by atoms with Gasteiger partial charge in [-0.1, -0.05) is 60.7 Å². The molecule has 3 heterocycles. The number of aryl methyl sites for hydroxylation is 1. The summed E-state index contributed by atoms with van der Waals surface area (Å²) in [6.45, 7) is 5.93. The summed E-state index contributed by atoms with van der Waals surface area (Å²) in [6, 6.07) is 17.7. The van der Waals surface area contributed by atoms with Gasteiger partial charge in [-0.2, -0.15) is 8.61 Å². The van der Waals surface area contributed by atoms with Gasteiger partial charge in [0, 0.05) is 19.1 Å². The van der Waals surface area contributed by atoms with Gasteiger partial charge in [-0.25, -0.2) is 16.8 Å². The molecule has 4 unspecified atom stereocenters. The van der Waals surface area contributed by atoms with Crippen molar-refractivity contribution in [1.29, 1.82) is 0 Å². The molecule has 18 heteroatoms. The summed E-state index contributed by atoms with van der Waals surface area (Å²) < 4.78 is 68.6. The van der Waals surface area contributed by atoms with Crippen LogP contribution in [-0.2, 0) is 61.1 Å². The highest BCUT2D eigenvalue weighted by Gasteiger charge is 2.62.